The number of nitrogens with zero attached hydrogens (tertiary/aromatic N) is 1. The molecule has 1 atom stereocenters. The summed E-state index contributed by atoms with van der Waals surface area (Å²) in [5.41, 5.74) is 1.87. The van der Waals surface area contributed by atoms with Gasteiger partial charge in [-0.25, -0.2) is 0 Å². The van der Waals surface area contributed by atoms with Gasteiger partial charge in [0.25, 0.3) is 0 Å². The summed E-state index contributed by atoms with van der Waals surface area (Å²) in [6.45, 7) is 4.08. The van der Waals surface area contributed by atoms with E-state index in [1.807, 2.05) is 25.1 Å². The number of aryl methyl sites for hydroxylation is 1. The van der Waals surface area contributed by atoms with Gasteiger partial charge in [-0.2, -0.15) is 0 Å². The normalized spacial score (nSPS) is 12.3. The fourth-order valence-electron chi connectivity index (χ4n) is 3.27. The maximum absolute atomic E-state index is 13.0. The van der Waals surface area contributed by atoms with Crippen molar-refractivity contribution in [3.8, 4) is 0 Å². The number of hydrogen-bond acceptors (Lipinski definition) is 3. The highest BCUT2D eigenvalue weighted by Gasteiger charge is 2.19. The number of halogens is 1. The molecule has 2 rings (SSSR count). The van der Waals surface area contributed by atoms with Gasteiger partial charge in [-0.15, -0.1) is 0 Å². The van der Waals surface area contributed by atoms with Crippen molar-refractivity contribution in [3.63, 3.8) is 0 Å². The zero-order chi connectivity index (χ0) is 19.1. The highest BCUT2D eigenvalue weighted by Crippen LogP contribution is 2.26. The van der Waals surface area contributed by atoms with Gasteiger partial charge >= 0.3 is 5.97 Å². The molecule has 0 saturated carbocycles. The van der Waals surface area contributed by atoms with Gasteiger partial charge in [-0.1, -0.05) is 50.8 Å². The number of aromatic nitrogens is 1. The molecular formula is C21H28ClNO3. The van der Waals surface area contributed by atoms with Gasteiger partial charge < -0.3 is 4.74 Å². The van der Waals surface area contributed by atoms with Crippen molar-refractivity contribution in [2.24, 2.45) is 5.92 Å². The number of ether oxygens (including phenoxy) is 1. The standard InChI is InChI=1S/C21H28ClNO3/c1-4-5-6-7-8-18-13-16-9-10-17(22)14-19(16)23(18)20(24)11-15(2)12-21(25)26-3/h9-10,13-15H,4-8,11-12H2,1-3H3/t15-/m1/s1. The number of esters is 1. The molecule has 1 aromatic heterocycles. The first-order valence-electron chi connectivity index (χ1n) is 9.36. The Morgan fingerprint density at radius 3 is 2.62 bits per heavy atom. The van der Waals surface area contributed by atoms with E-state index in [9.17, 15) is 9.59 Å². The van der Waals surface area contributed by atoms with Crippen LogP contribution in [0, 0.1) is 5.92 Å². The van der Waals surface area contributed by atoms with Gasteiger partial charge in [0.2, 0.25) is 5.91 Å². The smallest absolute Gasteiger partial charge is 0.305 e. The minimum atomic E-state index is -0.287. The lowest BCUT2D eigenvalue weighted by Gasteiger charge is -2.13. The van der Waals surface area contributed by atoms with E-state index in [-0.39, 0.29) is 24.2 Å². The molecule has 4 nitrogen and oxygen atoms in total. The van der Waals surface area contributed by atoms with E-state index >= 15 is 0 Å². The lowest BCUT2D eigenvalue weighted by molar-refractivity contribution is -0.141. The first kappa shape index (κ1) is 20.5. The maximum Gasteiger partial charge on any atom is 0.305 e. The van der Waals surface area contributed by atoms with E-state index in [1.165, 1.54) is 20.0 Å². The number of fused-ring (bicyclic) bond motifs is 1. The maximum atomic E-state index is 13.0. The Balaban J connectivity index is 2.25. The lowest BCUT2D eigenvalue weighted by atomic mass is 10.0. The fourth-order valence-corrected chi connectivity index (χ4v) is 3.44. The summed E-state index contributed by atoms with van der Waals surface area (Å²) in [4.78, 5) is 24.4. The number of unbranched alkanes of at least 4 members (excludes halogenated alkanes) is 3. The predicted octanol–water partition coefficient (Wildman–Crippen LogP) is 5.65. The van der Waals surface area contributed by atoms with Crippen molar-refractivity contribution in [1.29, 1.82) is 0 Å². The molecule has 0 bridgehead atoms. The van der Waals surface area contributed by atoms with Gasteiger partial charge in [0, 0.05) is 28.9 Å². The largest absolute Gasteiger partial charge is 0.469 e. The van der Waals surface area contributed by atoms with Crippen LogP contribution in [0.15, 0.2) is 24.3 Å². The van der Waals surface area contributed by atoms with Crippen LogP contribution in [-0.4, -0.2) is 23.6 Å². The molecular weight excluding hydrogens is 350 g/mol. The van der Waals surface area contributed by atoms with E-state index < -0.39 is 0 Å². The van der Waals surface area contributed by atoms with Gasteiger partial charge in [0.1, 0.15) is 0 Å². The van der Waals surface area contributed by atoms with E-state index in [1.54, 1.807) is 4.57 Å². The highest BCUT2D eigenvalue weighted by molar-refractivity contribution is 6.31. The van der Waals surface area contributed by atoms with E-state index in [0.29, 0.717) is 11.4 Å². The molecule has 0 unspecified atom stereocenters. The zero-order valence-corrected chi connectivity index (χ0v) is 16.6. The number of hydrogen-bond donors (Lipinski definition) is 0. The Kier molecular flexibility index (Phi) is 7.70. The minimum Gasteiger partial charge on any atom is -0.469 e. The number of rotatable bonds is 9. The number of carbonyl (C=O) groups is 2. The Labute approximate surface area is 160 Å². The molecule has 0 saturated heterocycles. The number of benzene rings is 1. The van der Waals surface area contributed by atoms with Crippen LogP contribution in [0.4, 0.5) is 0 Å². The predicted molar refractivity (Wildman–Crippen MR) is 106 cm³/mol. The molecule has 1 aromatic carbocycles. The second-order valence-corrected chi connectivity index (χ2v) is 7.40. The van der Waals surface area contributed by atoms with Crippen LogP contribution in [-0.2, 0) is 16.0 Å². The van der Waals surface area contributed by atoms with Crippen LogP contribution in [0.25, 0.3) is 10.9 Å². The van der Waals surface area contributed by atoms with Gasteiger partial charge in [-0.3, -0.25) is 14.2 Å². The summed E-state index contributed by atoms with van der Waals surface area (Å²) in [6, 6.07) is 7.73. The highest BCUT2D eigenvalue weighted by atomic mass is 35.5. The third-order valence-electron chi connectivity index (χ3n) is 4.64. The van der Waals surface area contributed by atoms with E-state index in [0.717, 1.165) is 35.9 Å². The van der Waals surface area contributed by atoms with Crippen LogP contribution in [0.1, 0.15) is 62.9 Å². The van der Waals surface area contributed by atoms with Crippen LogP contribution < -0.4 is 0 Å². The van der Waals surface area contributed by atoms with Crippen molar-refractivity contribution >= 4 is 34.4 Å². The van der Waals surface area contributed by atoms with Crippen molar-refractivity contribution in [2.75, 3.05) is 7.11 Å². The average Bonchev–Trinajstić information content (AvgIpc) is 2.95. The summed E-state index contributed by atoms with van der Waals surface area (Å²) < 4.78 is 6.50. The van der Waals surface area contributed by atoms with Gasteiger partial charge in [0.05, 0.1) is 12.6 Å². The van der Waals surface area contributed by atoms with Crippen molar-refractivity contribution in [3.05, 3.63) is 35.0 Å². The average molecular weight is 378 g/mol. The minimum absolute atomic E-state index is 0.00385. The summed E-state index contributed by atoms with van der Waals surface area (Å²) >= 11 is 6.16. The van der Waals surface area contributed by atoms with Crippen LogP contribution >= 0.6 is 11.6 Å². The molecule has 26 heavy (non-hydrogen) atoms. The molecule has 0 aliphatic carbocycles. The van der Waals surface area contributed by atoms with Crippen molar-refractivity contribution in [2.45, 2.75) is 58.8 Å². The Morgan fingerprint density at radius 1 is 1.15 bits per heavy atom. The van der Waals surface area contributed by atoms with Gasteiger partial charge in [-0.05, 0) is 37.0 Å². The second-order valence-electron chi connectivity index (χ2n) is 6.97. The summed E-state index contributed by atoms with van der Waals surface area (Å²) in [5, 5.41) is 1.64. The van der Waals surface area contributed by atoms with Crippen LogP contribution in [0.5, 0.6) is 0 Å². The molecule has 0 radical (unpaired) electrons. The first-order chi connectivity index (χ1) is 12.5. The second kappa shape index (κ2) is 9.77. The Hall–Kier alpha value is -1.81. The van der Waals surface area contributed by atoms with Crippen LogP contribution in [0.3, 0.4) is 0 Å². The van der Waals surface area contributed by atoms with Crippen molar-refractivity contribution in [1.82, 2.24) is 4.57 Å². The lowest BCUT2D eigenvalue weighted by Crippen LogP contribution is -2.18. The molecule has 0 aliphatic heterocycles. The molecule has 0 aliphatic rings. The molecule has 2 aromatic rings. The van der Waals surface area contributed by atoms with Gasteiger partial charge in [0.15, 0.2) is 0 Å². The number of carbonyl (C=O) groups excluding carboxylic acids is 2. The van der Waals surface area contributed by atoms with Crippen molar-refractivity contribution < 1.29 is 14.3 Å². The fraction of sp³-hybridized carbons (Fsp3) is 0.524. The monoisotopic (exact) mass is 377 g/mol. The topological polar surface area (TPSA) is 48.3 Å². The third kappa shape index (κ3) is 5.34. The molecule has 0 N–H and O–H groups in total. The first-order valence-corrected chi connectivity index (χ1v) is 9.74. The molecule has 0 amide bonds. The molecule has 0 fully saturated rings. The quantitative estimate of drug-likeness (QED) is 0.419. The molecule has 142 valence electrons. The Morgan fingerprint density at radius 2 is 1.92 bits per heavy atom. The van der Waals surface area contributed by atoms with E-state index in [2.05, 4.69) is 13.0 Å². The zero-order valence-electron chi connectivity index (χ0n) is 15.9. The van der Waals surface area contributed by atoms with E-state index in [4.69, 9.17) is 16.3 Å². The molecule has 0 spiro atoms. The summed E-state index contributed by atoms with van der Waals surface area (Å²) in [6.07, 6.45) is 6.01. The molecule has 5 heteroatoms. The summed E-state index contributed by atoms with van der Waals surface area (Å²) in [7, 11) is 1.37. The third-order valence-corrected chi connectivity index (χ3v) is 4.88. The SMILES string of the molecule is CCCCCCc1cc2ccc(Cl)cc2n1C(=O)C[C@@H](C)CC(=O)OC. The molecule has 1 heterocycles. The Bertz CT molecular complexity index is 766. The number of methoxy groups -OCH3 is 1. The van der Waals surface area contributed by atoms with Crippen LogP contribution in [0.2, 0.25) is 5.02 Å². The summed E-state index contributed by atoms with van der Waals surface area (Å²) in [5.74, 6) is -0.353.